The Labute approximate surface area is 866 Å². The lowest BCUT2D eigenvalue weighted by molar-refractivity contribution is 0.670. The molecule has 21 aromatic carbocycles. The van der Waals surface area contributed by atoms with E-state index in [1.165, 1.54) is 97.2 Å². The summed E-state index contributed by atoms with van der Waals surface area (Å²) in [6.07, 6.45) is 1.85. The molecule has 0 aliphatic heterocycles. The molecule has 12 nitrogen and oxygen atoms in total. The highest BCUT2D eigenvalue weighted by atomic mass is 32.1. The smallest absolute Gasteiger partial charge is 0.238 e. The fourth-order valence-corrected chi connectivity index (χ4v) is 23.1. The van der Waals surface area contributed by atoms with Crippen molar-refractivity contribution < 1.29 is 4.42 Å². The average molecular weight is 1940 g/mol. The molecule has 0 radical (unpaired) electrons. The minimum atomic E-state index is 0.590. The molecule has 0 bridgehead atoms. The molecule has 0 aliphatic carbocycles. The van der Waals surface area contributed by atoms with Crippen molar-refractivity contribution >= 4 is 141 Å². The van der Waals surface area contributed by atoms with Crippen LogP contribution in [-0.2, 0) is 0 Å². The molecule has 0 N–H and O–H groups in total. The maximum atomic E-state index is 6.40. The minimum Gasteiger partial charge on any atom is -0.455 e. The predicted octanol–water partition coefficient (Wildman–Crippen LogP) is 35.8. The zero-order valence-electron chi connectivity index (χ0n) is 81.0. The molecule has 9 heterocycles. The van der Waals surface area contributed by atoms with E-state index in [4.69, 9.17) is 39.3 Å². The molecule has 702 valence electrons. The Morgan fingerprint density at radius 2 is 0.533 bits per heavy atom. The molecule has 13 heteroatoms. The number of fused-ring (bicyclic) bond motifs is 18. The zero-order valence-corrected chi connectivity index (χ0v) is 81.8. The summed E-state index contributed by atoms with van der Waals surface area (Å²) in [5.74, 6) is 3.21. The molecule has 0 saturated heterocycles. The van der Waals surface area contributed by atoms with Crippen molar-refractivity contribution in [3.05, 3.63) is 528 Å². The largest absolute Gasteiger partial charge is 0.455 e. The van der Waals surface area contributed by atoms with Gasteiger partial charge in [0.25, 0.3) is 0 Å². The summed E-state index contributed by atoms with van der Waals surface area (Å²) in [5, 5.41) is 14.4. The van der Waals surface area contributed by atoms with Crippen LogP contribution in [0.1, 0.15) is 0 Å². The molecule has 0 spiro atoms. The van der Waals surface area contributed by atoms with Gasteiger partial charge < -0.3 is 13.6 Å². The summed E-state index contributed by atoms with van der Waals surface area (Å²) >= 11 is 1.88. The lowest BCUT2D eigenvalue weighted by atomic mass is 9.98. The SMILES string of the molecule is c1ccc(-c2cc(-c3ccccc3)nc(-c3cccc(-n4c5ccccc5c5cc(-c6cccc7c6sc6ccccc67)ccc54)c3)n2)cc1.c1ccc(-c2cccc(-c3ccc(-c4ccnc(-n5c6ccccc6c6cc(-c7cccc8c7oc7ccccc78)ccc65)n4)cc3)c2)cc1.c1ccc(-c2nc(-c3ccccc3)nc(-n3c4ccccc4c4cc(-c5ccc6c(c5)c5ccccc5n6-c5ccccc5)ccc43)n2)cc1. The summed E-state index contributed by atoms with van der Waals surface area (Å²) in [7, 11) is 0. The van der Waals surface area contributed by atoms with Crippen molar-refractivity contribution in [2.24, 2.45) is 0 Å². The van der Waals surface area contributed by atoms with Gasteiger partial charge in [-0.25, -0.2) is 24.9 Å². The van der Waals surface area contributed by atoms with Gasteiger partial charge in [-0.3, -0.25) is 9.13 Å². The molecular formula is C137H87N11OS. The highest BCUT2D eigenvalue weighted by Crippen LogP contribution is 2.47. The Kier molecular flexibility index (Phi) is 21.8. The summed E-state index contributed by atoms with van der Waals surface area (Å²) in [6.45, 7) is 0. The summed E-state index contributed by atoms with van der Waals surface area (Å²) in [4.78, 5) is 35.2. The molecule has 0 saturated carbocycles. The van der Waals surface area contributed by atoms with Gasteiger partial charge in [-0.15, -0.1) is 11.3 Å². The first kappa shape index (κ1) is 87.8. The molecule has 0 fully saturated rings. The first-order chi connectivity index (χ1) is 74.4. The standard InChI is InChI=1S/C46H29N3O.C46H29N3S.C45H29N5/c1-2-10-30(11-3-1)33-12-8-13-34(28-33)31-20-22-32(23-21-31)41-26-27-47-46(48-41)49-42-18-6-4-14-37(42)40-29-35(24-25-43(40)49)36-16-9-17-39-38-15-5-7-19-44(38)50-45(36)39;1-3-13-30(14-4-1)40-29-41(31-15-5-2-6-16-31)48-46(47-40)33-17-11-18-34(27-33)49-42-23-9-7-19-36(42)39-28-32(25-26-43(39)49)35-21-12-22-38-37-20-8-10-24-44(37)50-45(35)38;1-4-14-30(15-5-1)43-46-44(31-16-6-2-7-17-31)48-45(47-43)50-40-23-13-11-21-36(40)38-29-33(25-27-42(38)50)32-24-26-41-37(28-32)35-20-10-12-22-39(35)49(41)34-18-8-3-9-19-34/h3*1-29H. The lowest BCUT2D eigenvalue weighted by Gasteiger charge is -2.12. The van der Waals surface area contributed by atoms with E-state index in [1.54, 1.807) is 0 Å². The minimum absolute atomic E-state index is 0.590. The topological polar surface area (TPSA) is 123 Å². The van der Waals surface area contributed by atoms with Crippen LogP contribution in [0.3, 0.4) is 0 Å². The molecular weight excluding hydrogens is 1850 g/mol. The molecule has 30 rings (SSSR count). The highest BCUT2D eigenvalue weighted by molar-refractivity contribution is 7.26. The number of rotatable bonds is 15. The van der Waals surface area contributed by atoms with Gasteiger partial charge in [-0.05, 0) is 177 Å². The molecule has 30 aromatic rings. The highest BCUT2D eigenvalue weighted by Gasteiger charge is 2.26. The third kappa shape index (κ3) is 15.8. The van der Waals surface area contributed by atoms with Crippen LogP contribution in [-0.4, -0.2) is 53.2 Å². The molecule has 150 heavy (non-hydrogen) atoms. The van der Waals surface area contributed by atoms with E-state index in [-0.39, 0.29) is 0 Å². The Bertz CT molecular complexity index is 10400. The van der Waals surface area contributed by atoms with E-state index in [1.807, 2.05) is 115 Å². The van der Waals surface area contributed by atoms with E-state index in [0.717, 1.165) is 150 Å². The maximum Gasteiger partial charge on any atom is 0.238 e. The Hall–Kier alpha value is -20.0. The lowest BCUT2D eigenvalue weighted by Crippen LogP contribution is -2.06. The Morgan fingerprint density at radius 3 is 1.09 bits per heavy atom. The van der Waals surface area contributed by atoms with Gasteiger partial charge in [0.05, 0.1) is 61.2 Å². The van der Waals surface area contributed by atoms with Crippen molar-refractivity contribution in [2.45, 2.75) is 0 Å². The number of aromatic nitrogens is 11. The van der Waals surface area contributed by atoms with Crippen LogP contribution in [0.4, 0.5) is 0 Å². The molecule has 0 unspecified atom stereocenters. The van der Waals surface area contributed by atoms with Gasteiger partial charge in [0, 0.05) is 131 Å². The fourth-order valence-electron chi connectivity index (χ4n) is 21.8. The van der Waals surface area contributed by atoms with Crippen LogP contribution in [0.2, 0.25) is 0 Å². The van der Waals surface area contributed by atoms with Gasteiger partial charge in [0.2, 0.25) is 11.9 Å². The number of para-hydroxylation sites is 7. The average Bonchev–Trinajstić information content (AvgIpc) is 1.54. The van der Waals surface area contributed by atoms with Crippen LogP contribution in [0.5, 0.6) is 0 Å². The fraction of sp³-hybridized carbons (Fsp3) is 0. The van der Waals surface area contributed by atoms with Gasteiger partial charge in [0.15, 0.2) is 17.5 Å². The van der Waals surface area contributed by atoms with Crippen molar-refractivity contribution in [2.75, 3.05) is 0 Å². The second-order valence-corrected chi connectivity index (χ2v) is 38.8. The van der Waals surface area contributed by atoms with Crippen molar-refractivity contribution in [1.29, 1.82) is 0 Å². The van der Waals surface area contributed by atoms with Crippen LogP contribution < -0.4 is 0 Å². The summed E-state index contributed by atoms with van der Waals surface area (Å²) in [5.41, 5.74) is 33.4. The van der Waals surface area contributed by atoms with E-state index in [9.17, 15) is 0 Å². The number of hydrogen-bond acceptors (Lipinski definition) is 9. The Balaban J connectivity index is 0.000000108. The van der Waals surface area contributed by atoms with Crippen LogP contribution >= 0.6 is 11.3 Å². The van der Waals surface area contributed by atoms with Crippen molar-refractivity contribution in [3.63, 3.8) is 0 Å². The molecule has 0 aliphatic rings. The number of hydrogen-bond donors (Lipinski definition) is 0. The first-order valence-electron chi connectivity index (χ1n) is 50.4. The Morgan fingerprint density at radius 1 is 0.180 bits per heavy atom. The molecule has 0 amide bonds. The summed E-state index contributed by atoms with van der Waals surface area (Å²) < 4.78 is 18.1. The maximum absolute atomic E-state index is 6.40. The third-order valence-electron chi connectivity index (χ3n) is 28.9. The predicted molar refractivity (Wildman–Crippen MR) is 621 cm³/mol. The summed E-state index contributed by atoms with van der Waals surface area (Å²) in [6, 6.07) is 184. The second kappa shape index (κ2) is 37.3. The molecule has 0 atom stereocenters. The van der Waals surface area contributed by atoms with E-state index >= 15 is 0 Å². The van der Waals surface area contributed by atoms with E-state index in [2.05, 4.69) is 443 Å². The normalized spacial score (nSPS) is 11.6. The second-order valence-electron chi connectivity index (χ2n) is 37.8. The van der Waals surface area contributed by atoms with E-state index < -0.39 is 0 Å². The number of thiophene rings is 1. The van der Waals surface area contributed by atoms with Gasteiger partial charge in [-0.1, -0.05) is 394 Å². The number of furan rings is 1. The third-order valence-corrected chi connectivity index (χ3v) is 30.1. The van der Waals surface area contributed by atoms with Crippen LogP contribution in [0, 0.1) is 0 Å². The van der Waals surface area contributed by atoms with Gasteiger partial charge in [-0.2, -0.15) is 9.97 Å². The quantitative estimate of drug-likeness (QED) is 0.0994. The zero-order chi connectivity index (χ0) is 99.1. The monoisotopic (exact) mass is 1930 g/mol. The van der Waals surface area contributed by atoms with Gasteiger partial charge in [0.1, 0.15) is 11.2 Å². The number of nitrogens with zero attached hydrogens (tertiary/aromatic N) is 11. The van der Waals surface area contributed by atoms with Crippen LogP contribution in [0.15, 0.2) is 532 Å². The van der Waals surface area contributed by atoms with Crippen molar-refractivity contribution in [3.8, 4) is 147 Å². The van der Waals surface area contributed by atoms with Crippen LogP contribution in [0.25, 0.3) is 276 Å². The number of benzene rings is 21. The van der Waals surface area contributed by atoms with Gasteiger partial charge >= 0.3 is 0 Å². The van der Waals surface area contributed by atoms with E-state index in [0.29, 0.717) is 29.4 Å². The van der Waals surface area contributed by atoms with Crippen molar-refractivity contribution in [1.82, 2.24) is 53.2 Å². The molecule has 9 aromatic heterocycles. The first-order valence-corrected chi connectivity index (χ1v) is 51.3.